The van der Waals surface area contributed by atoms with Gasteiger partial charge in [-0.1, -0.05) is 36.4 Å². The predicted molar refractivity (Wildman–Crippen MR) is 119 cm³/mol. The van der Waals surface area contributed by atoms with Crippen LogP contribution in [-0.4, -0.2) is 28.0 Å². The molecule has 0 spiro atoms. The van der Waals surface area contributed by atoms with Crippen molar-refractivity contribution < 1.29 is 17.9 Å². The van der Waals surface area contributed by atoms with Crippen LogP contribution >= 0.6 is 0 Å². The van der Waals surface area contributed by atoms with Crippen molar-refractivity contribution in [2.45, 2.75) is 18.7 Å². The van der Waals surface area contributed by atoms with Crippen LogP contribution in [0.25, 0.3) is 0 Å². The number of amides is 1. The van der Waals surface area contributed by atoms with Crippen molar-refractivity contribution in [2.24, 2.45) is 0 Å². The standard InChI is InChI=1S/C23H24N2O4S/c1-17-13-18(2)15-19(14-17)25(30(27,28)20-9-5-4-6-10-20)16-23(26)24-21-11-7-8-12-22(21)29-3/h4-15H,16H2,1-3H3,(H,24,26). The third kappa shape index (κ3) is 4.80. The first kappa shape index (κ1) is 21.4. The first-order valence-electron chi connectivity index (χ1n) is 9.40. The predicted octanol–water partition coefficient (Wildman–Crippen LogP) is 4.15. The summed E-state index contributed by atoms with van der Waals surface area (Å²) in [5.74, 6) is 0.0212. The molecule has 0 saturated carbocycles. The lowest BCUT2D eigenvalue weighted by Crippen LogP contribution is -2.38. The third-order valence-corrected chi connectivity index (χ3v) is 6.28. The Kier molecular flexibility index (Phi) is 6.42. The number of ether oxygens (including phenoxy) is 1. The largest absolute Gasteiger partial charge is 0.495 e. The fraction of sp³-hybridized carbons (Fsp3) is 0.174. The minimum Gasteiger partial charge on any atom is -0.495 e. The zero-order valence-electron chi connectivity index (χ0n) is 17.1. The van der Waals surface area contributed by atoms with Gasteiger partial charge in [0, 0.05) is 0 Å². The summed E-state index contributed by atoms with van der Waals surface area (Å²) in [5, 5.41) is 2.74. The Hall–Kier alpha value is -3.32. The number of benzene rings is 3. The second-order valence-corrected chi connectivity index (χ2v) is 8.78. The molecule has 30 heavy (non-hydrogen) atoms. The van der Waals surface area contributed by atoms with Crippen LogP contribution < -0.4 is 14.4 Å². The highest BCUT2D eigenvalue weighted by Gasteiger charge is 2.27. The van der Waals surface area contributed by atoms with E-state index in [0.717, 1.165) is 15.4 Å². The highest BCUT2D eigenvalue weighted by molar-refractivity contribution is 7.92. The fourth-order valence-corrected chi connectivity index (χ4v) is 4.62. The van der Waals surface area contributed by atoms with E-state index in [2.05, 4.69) is 5.32 Å². The molecule has 1 amide bonds. The Morgan fingerprint density at radius 2 is 1.53 bits per heavy atom. The van der Waals surface area contributed by atoms with Crippen molar-refractivity contribution in [2.75, 3.05) is 23.3 Å². The molecule has 6 nitrogen and oxygen atoms in total. The molecule has 0 unspecified atom stereocenters. The normalized spacial score (nSPS) is 11.0. The van der Waals surface area contributed by atoms with Gasteiger partial charge >= 0.3 is 0 Å². The molecule has 0 atom stereocenters. The Balaban J connectivity index is 1.98. The minimum atomic E-state index is -3.95. The third-order valence-electron chi connectivity index (χ3n) is 4.49. The second-order valence-electron chi connectivity index (χ2n) is 6.92. The van der Waals surface area contributed by atoms with E-state index in [1.165, 1.54) is 19.2 Å². The van der Waals surface area contributed by atoms with Gasteiger partial charge in [-0.25, -0.2) is 8.42 Å². The summed E-state index contributed by atoms with van der Waals surface area (Å²) in [7, 11) is -2.44. The number of hydrogen-bond acceptors (Lipinski definition) is 4. The van der Waals surface area contributed by atoms with Gasteiger partial charge in [-0.15, -0.1) is 0 Å². The first-order valence-corrected chi connectivity index (χ1v) is 10.8. The zero-order valence-corrected chi connectivity index (χ0v) is 17.9. The summed E-state index contributed by atoms with van der Waals surface area (Å²) >= 11 is 0. The lowest BCUT2D eigenvalue weighted by molar-refractivity contribution is -0.114. The Morgan fingerprint density at radius 1 is 0.933 bits per heavy atom. The molecule has 0 saturated heterocycles. The highest BCUT2D eigenvalue weighted by Crippen LogP contribution is 2.27. The molecular weight excluding hydrogens is 400 g/mol. The Labute approximate surface area is 177 Å². The maximum Gasteiger partial charge on any atom is 0.264 e. The summed E-state index contributed by atoms with van der Waals surface area (Å²) in [6, 6.07) is 20.5. The van der Waals surface area contributed by atoms with Crippen LogP contribution in [0.2, 0.25) is 0 Å². The smallest absolute Gasteiger partial charge is 0.264 e. The molecule has 0 aromatic heterocycles. The molecule has 3 aromatic rings. The number of methoxy groups -OCH3 is 1. The van der Waals surface area contributed by atoms with E-state index in [4.69, 9.17) is 4.74 Å². The van der Waals surface area contributed by atoms with E-state index in [-0.39, 0.29) is 11.4 Å². The van der Waals surface area contributed by atoms with E-state index in [1.54, 1.807) is 54.6 Å². The molecule has 3 rings (SSSR count). The molecule has 0 aliphatic carbocycles. The fourth-order valence-electron chi connectivity index (χ4n) is 3.20. The van der Waals surface area contributed by atoms with E-state index in [9.17, 15) is 13.2 Å². The number of nitrogens with one attached hydrogen (secondary N) is 1. The molecule has 0 aliphatic rings. The number of anilines is 2. The van der Waals surface area contributed by atoms with E-state index >= 15 is 0 Å². The van der Waals surface area contributed by atoms with Gasteiger partial charge in [0.25, 0.3) is 10.0 Å². The average Bonchev–Trinajstić information content (AvgIpc) is 2.72. The van der Waals surface area contributed by atoms with Crippen LogP contribution in [-0.2, 0) is 14.8 Å². The van der Waals surface area contributed by atoms with Gasteiger partial charge in [0.2, 0.25) is 5.91 Å². The topological polar surface area (TPSA) is 75.7 Å². The van der Waals surface area contributed by atoms with Crippen LogP contribution in [0.5, 0.6) is 5.75 Å². The minimum absolute atomic E-state index is 0.120. The number of para-hydroxylation sites is 2. The van der Waals surface area contributed by atoms with Crippen molar-refractivity contribution >= 4 is 27.3 Å². The number of nitrogens with zero attached hydrogens (tertiary/aromatic N) is 1. The molecule has 0 aliphatic heterocycles. The highest BCUT2D eigenvalue weighted by atomic mass is 32.2. The van der Waals surface area contributed by atoms with Gasteiger partial charge in [0.05, 0.1) is 23.4 Å². The maximum absolute atomic E-state index is 13.4. The zero-order chi connectivity index (χ0) is 21.7. The summed E-state index contributed by atoms with van der Waals surface area (Å²) < 4.78 is 33.2. The number of hydrogen-bond donors (Lipinski definition) is 1. The number of aryl methyl sites for hydroxylation is 2. The molecule has 7 heteroatoms. The van der Waals surface area contributed by atoms with Crippen molar-refractivity contribution in [1.82, 2.24) is 0 Å². The average molecular weight is 425 g/mol. The van der Waals surface area contributed by atoms with Crippen molar-refractivity contribution in [1.29, 1.82) is 0 Å². The van der Waals surface area contributed by atoms with E-state index < -0.39 is 15.9 Å². The molecule has 0 radical (unpaired) electrons. The Morgan fingerprint density at radius 3 is 2.17 bits per heavy atom. The molecule has 156 valence electrons. The molecule has 0 heterocycles. The monoisotopic (exact) mass is 424 g/mol. The lowest BCUT2D eigenvalue weighted by atomic mass is 10.1. The second kappa shape index (κ2) is 9.00. The molecule has 1 N–H and O–H groups in total. The molecular formula is C23H24N2O4S. The number of rotatable bonds is 7. The first-order chi connectivity index (χ1) is 14.3. The van der Waals surface area contributed by atoms with Crippen LogP contribution in [0.4, 0.5) is 11.4 Å². The SMILES string of the molecule is COc1ccccc1NC(=O)CN(c1cc(C)cc(C)c1)S(=O)(=O)c1ccccc1. The Bertz CT molecular complexity index is 1120. The van der Waals surface area contributed by atoms with E-state index in [0.29, 0.717) is 17.1 Å². The summed E-state index contributed by atoms with van der Waals surface area (Å²) in [5.41, 5.74) is 2.72. The van der Waals surface area contributed by atoms with Crippen LogP contribution in [0.15, 0.2) is 77.7 Å². The van der Waals surface area contributed by atoms with Crippen molar-refractivity contribution in [3.63, 3.8) is 0 Å². The van der Waals surface area contributed by atoms with Crippen molar-refractivity contribution in [3.05, 3.63) is 83.9 Å². The van der Waals surface area contributed by atoms with Gasteiger partial charge in [-0.2, -0.15) is 0 Å². The van der Waals surface area contributed by atoms with Gasteiger partial charge in [0.15, 0.2) is 0 Å². The number of sulfonamides is 1. The van der Waals surface area contributed by atoms with Gasteiger partial charge in [-0.05, 0) is 61.4 Å². The van der Waals surface area contributed by atoms with Crippen LogP contribution in [0, 0.1) is 13.8 Å². The van der Waals surface area contributed by atoms with Gasteiger partial charge in [0.1, 0.15) is 12.3 Å². The van der Waals surface area contributed by atoms with Crippen LogP contribution in [0.1, 0.15) is 11.1 Å². The molecule has 0 fully saturated rings. The quantitative estimate of drug-likeness (QED) is 0.618. The summed E-state index contributed by atoms with van der Waals surface area (Å²) in [6.45, 7) is 3.40. The van der Waals surface area contributed by atoms with Crippen molar-refractivity contribution in [3.8, 4) is 5.75 Å². The summed E-state index contributed by atoms with van der Waals surface area (Å²) in [4.78, 5) is 13.0. The molecule has 3 aromatic carbocycles. The van der Waals surface area contributed by atoms with Gasteiger partial charge in [-0.3, -0.25) is 9.10 Å². The number of carbonyl (C=O) groups is 1. The molecule has 0 bridgehead atoms. The van der Waals surface area contributed by atoms with Gasteiger partial charge < -0.3 is 10.1 Å². The van der Waals surface area contributed by atoms with Crippen LogP contribution in [0.3, 0.4) is 0 Å². The maximum atomic E-state index is 13.4. The lowest BCUT2D eigenvalue weighted by Gasteiger charge is -2.25. The number of carbonyl (C=O) groups excluding carboxylic acids is 1. The summed E-state index contributed by atoms with van der Waals surface area (Å²) in [6.07, 6.45) is 0. The van der Waals surface area contributed by atoms with E-state index in [1.807, 2.05) is 19.9 Å².